The minimum absolute atomic E-state index is 0.372. The van der Waals surface area contributed by atoms with Gasteiger partial charge >= 0.3 is 0 Å². The quantitative estimate of drug-likeness (QED) is 0.656. The van der Waals surface area contributed by atoms with Crippen LogP contribution >= 0.6 is 0 Å². The molecule has 2 N–H and O–H groups in total. The first-order chi connectivity index (χ1) is 9.08. The Morgan fingerprint density at radius 2 is 1.53 bits per heavy atom. The maximum atomic E-state index is 11.6. The second-order valence-corrected chi connectivity index (χ2v) is 4.98. The Morgan fingerprint density at radius 1 is 0.947 bits per heavy atom. The fraction of sp³-hybridized carbons (Fsp3) is 0.118. The van der Waals surface area contributed by atoms with Crippen molar-refractivity contribution >= 4 is 27.5 Å². The molecule has 0 aromatic heterocycles. The molecule has 0 saturated carbocycles. The number of amides is 1. The van der Waals surface area contributed by atoms with Crippen molar-refractivity contribution in [3.05, 3.63) is 59.2 Å². The van der Waals surface area contributed by atoms with Crippen LogP contribution < -0.4 is 5.73 Å². The molecule has 0 heterocycles. The van der Waals surface area contributed by atoms with Crippen LogP contribution in [0.1, 0.15) is 21.5 Å². The SMILES string of the molecule is Cc1cc(C(N)=O)c2cc3ccccc3cc2c1C. The number of primary amides is 1. The summed E-state index contributed by atoms with van der Waals surface area (Å²) >= 11 is 0. The summed E-state index contributed by atoms with van der Waals surface area (Å²) in [7, 11) is 0. The van der Waals surface area contributed by atoms with Crippen molar-refractivity contribution in [2.24, 2.45) is 5.73 Å². The van der Waals surface area contributed by atoms with E-state index in [-0.39, 0.29) is 5.91 Å². The molecule has 2 heteroatoms. The summed E-state index contributed by atoms with van der Waals surface area (Å²) in [6.45, 7) is 4.09. The Balaban J connectivity index is 2.55. The van der Waals surface area contributed by atoms with Crippen LogP contribution in [0.15, 0.2) is 42.5 Å². The van der Waals surface area contributed by atoms with Crippen molar-refractivity contribution in [3.8, 4) is 0 Å². The van der Waals surface area contributed by atoms with Crippen LogP contribution in [0.25, 0.3) is 21.5 Å². The predicted octanol–water partition coefficient (Wildman–Crippen LogP) is 3.71. The molecule has 0 aliphatic rings. The number of hydrogen-bond acceptors (Lipinski definition) is 1. The van der Waals surface area contributed by atoms with E-state index in [1.54, 1.807) is 0 Å². The molecular formula is C17H15NO. The lowest BCUT2D eigenvalue weighted by molar-refractivity contribution is 0.100. The zero-order valence-corrected chi connectivity index (χ0v) is 11.0. The number of carbonyl (C=O) groups is 1. The van der Waals surface area contributed by atoms with E-state index in [1.165, 1.54) is 10.9 Å². The first-order valence-corrected chi connectivity index (χ1v) is 6.30. The lowest BCUT2D eigenvalue weighted by Crippen LogP contribution is -2.12. The van der Waals surface area contributed by atoms with Crippen LogP contribution in [0.5, 0.6) is 0 Å². The molecule has 3 rings (SSSR count). The molecular weight excluding hydrogens is 234 g/mol. The summed E-state index contributed by atoms with van der Waals surface area (Å²) in [5.74, 6) is -0.372. The van der Waals surface area contributed by atoms with Crippen LogP contribution in [0.2, 0.25) is 0 Å². The third-order valence-corrected chi connectivity index (χ3v) is 3.80. The van der Waals surface area contributed by atoms with E-state index in [4.69, 9.17) is 5.73 Å². The molecule has 1 amide bonds. The highest BCUT2D eigenvalue weighted by Crippen LogP contribution is 2.29. The van der Waals surface area contributed by atoms with Crippen molar-refractivity contribution in [2.45, 2.75) is 13.8 Å². The molecule has 0 fully saturated rings. The minimum Gasteiger partial charge on any atom is -0.366 e. The third-order valence-electron chi connectivity index (χ3n) is 3.80. The van der Waals surface area contributed by atoms with Gasteiger partial charge < -0.3 is 5.73 Å². The Morgan fingerprint density at radius 3 is 2.11 bits per heavy atom. The molecule has 0 unspecified atom stereocenters. The number of fused-ring (bicyclic) bond motifs is 2. The van der Waals surface area contributed by atoms with Crippen LogP contribution in [0.4, 0.5) is 0 Å². The summed E-state index contributed by atoms with van der Waals surface area (Å²) in [4.78, 5) is 11.6. The third kappa shape index (κ3) is 1.76. The van der Waals surface area contributed by atoms with Gasteiger partial charge in [-0.05, 0) is 64.7 Å². The zero-order chi connectivity index (χ0) is 13.6. The van der Waals surface area contributed by atoms with Gasteiger partial charge in [-0.25, -0.2) is 0 Å². The normalized spacial score (nSPS) is 11.1. The Labute approximate surface area is 111 Å². The molecule has 3 aromatic rings. The summed E-state index contributed by atoms with van der Waals surface area (Å²) in [5, 5.41) is 4.35. The molecule has 0 saturated heterocycles. The number of hydrogen-bond donors (Lipinski definition) is 1. The predicted molar refractivity (Wildman–Crippen MR) is 79.4 cm³/mol. The average Bonchev–Trinajstić information content (AvgIpc) is 2.41. The maximum absolute atomic E-state index is 11.6. The van der Waals surface area contributed by atoms with Gasteiger partial charge in [-0.3, -0.25) is 4.79 Å². The van der Waals surface area contributed by atoms with Gasteiger partial charge in [-0.2, -0.15) is 0 Å². The van der Waals surface area contributed by atoms with Crippen molar-refractivity contribution in [2.75, 3.05) is 0 Å². The smallest absolute Gasteiger partial charge is 0.249 e. The number of rotatable bonds is 1. The molecule has 0 atom stereocenters. The highest BCUT2D eigenvalue weighted by atomic mass is 16.1. The standard InChI is InChI=1S/C17H15NO/c1-10-7-16(17(18)19)15-9-13-6-4-3-5-12(13)8-14(15)11(10)2/h3-9H,1-2H3,(H2,18,19). The van der Waals surface area contributed by atoms with Gasteiger partial charge in [0.15, 0.2) is 0 Å². The van der Waals surface area contributed by atoms with Gasteiger partial charge in [0.05, 0.1) is 0 Å². The number of nitrogens with two attached hydrogens (primary N) is 1. The van der Waals surface area contributed by atoms with E-state index in [9.17, 15) is 4.79 Å². The fourth-order valence-corrected chi connectivity index (χ4v) is 2.59. The number of carbonyl (C=O) groups excluding carboxylic acids is 1. The minimum atomic E-state index is -0.372. The monoisotopic (exact) mass is 249 g/mol. The Kier molecular flexibility index (Phi) is 2.53. The molecule has 19 heavy (non-hydrogen) atoms. The van der Waals surface area contributed by atoms with E-state index < -0.39 is 0 Å². The van der Waals surface area contributed by atoms with Crippen molar-refractivity contribution in [1.29, 1.82) is 0 Å². The van der Waals surface area contributed by atoms with E-state index in [0.717, 1.165) is 21.7 Å². The second kappa shape index (κ2) is 4.09. The van der Waals surface area contributed by atoms with Gasteiger partial charge in [0.25, 0.3) is 0 Å². The van der Waals surface area contributed by atoms with Gasteiger partial charge in [0.1, 0.15) is 0 Å². The molecule has 0 spiro atoms. The molecule has 0 aliphatic heterocycles. The lowest BCUT2D eigenvalue weighted by atomic mass is 9.93. The highest BCUT2D eigenvalue weighted by Gasteiger charge is 2.11. The topological polar surface area (TPSA) is 43.1 Å². The Hall–Kier alpha value is -2.35. The van der Waals surface area contributed by atoms with E-state index in [1.807, 2.05) is 25.1 Å². The Bertz CT molecular complexity index is 818. The average molecular weight is 249 g/mol. The van der Waals surface area contributed by atoms with E-state index >= 15 is 0 Å². The highest BCUT2D eigenvalue weighted by molar-refractivity contribution is 6.11. The molecule has 2 nitrogen and oxygen atoms in total. The number of aryl methyl sites for hydroxylation is 2. The molecule has 3 aromatic carbocycles. The maximum Gasteiger partial charge on any atom is 0.249 e. The van der Waals surface area contributed by atoms with Crippen molar-refractivity contribution < 1.29 is 4.79 Å². The molecule has 0 aliphatic carbocycles. The van der Waals surface area contributed by atoms with Gasteiger partial charge in [0, 0.05) is 5.56 Å². The van der Waals surface area contributed by atoms with Gasteiger partial charge in [-0.15, -0.1) is 0 Å². The first kappa shape index (κ1) is 11.7. The summed E-state index contributed by atoms with van der Waals surface area (Å²) in [6.07, 6.45) is 0. The van der Waals surface area contributed by atoms with Crippen LogP contribution in [0.3, 0.4) is 0 Å². The van der Waals surface area contributed by atoms with Crippen LogP contribution in [0, 0.1) is 13.8 Å². The van der Waals surface area contributed by atoms with Crippen LogP contribution in [-0.4, -0.2) is 5.91 Å². The van der Waals surface area contributed by atoms with Gasteiger partial charge in [0.2, 0.25) is 5.91 Å². The first-order valence-electron chi connectivity index (χ1n) is 6.30. The summed E-state index contributed by atoms with van der Waals surface area (Å²) in [6, 6.07) is 14.2. The molecule has 0 bridgehead atoms. The van der Waals surface area contributed by atoms with Crippen molar-refractivity contribution in [3.63, 3.8) is 0 Å². The molecule has 0 radical (unpaired) electrons. The largest absolute Gasteiger partial charge is 0.366 e. The van der Waals surface area contributed by atoms with E-state index in [2.05, 4.69) is 31.2 Å². The number of benzene rings is 3. The second-order valence-electron chi connectivity index (χ2n) is 4.98. The lowest BCUT2D eigenvalue weighted by Gasteiger charge is -2.11. The van der Waals surface area contributed by atoms with Gasteiger partial charge in [-0.1, -0.05) is 24.3 Å². The fourth-order valence-electron chi connectivity index (χ4n) is 2.59. The summed E-state index contributed by atoms with van der Waals surface area (Å²) in [5.41, 5.74) is 8.40. The molecule has 94 valence electrons. The zero-order valence-electron chi connectivity index (χ0n) is 11.0. The summed E-state index contributed by atoms with van der Waals surface area (Å²) < 4.78 is 0. The van der Waals surface area contributed by atoms with E-state index in [0.29, 0.717) is 5.56 Å². The van der Waals surface area contributed by atoms with Crippen molar-refractivity contribution in [1.82, 2.24) is 0 Å². The van der Waals surface area contributed by atoms with Crippen LogP contribution in [-0.2, 0) is 0 Å².